The zero-order valence-corrected chi connectivity index (χ0v) is 12.9. The fourth-order valence-corrected chi connectivity index (χ4v) is 3.62. The lowest BCUT2D eigenvalue weighted by Crippen LogP contribution is -2.45. The summed E-state index contributed by atoms with van der Waals surface area (Å²) in [7, 11) is 0. The average Bonchev–Trinajstić information content (AvgIpc) is 2.97. The van der Waals surface area contributed by atoms with E-state index in [4.69, 9.17) is 0 Å². The van der Waals surface area contributed by atoms with E-state index in [2.05, 4.69) is 5.32 Å². The van der Waals surface area contributed by atoms with Crippen molar-refractivity contribution in [3.63, 3.8) is 0 Å². The topological polar surface area (TPSA) is 32.3 Å². The minimum atomic E-state index is -0.897. The van der Waals surface area contributed by atoms with Crippen LogP contribution in [0, 0.1) is 17.0 Å². The highest BCUT2D eigenvalue weighted by Crippen LogP contribution is 2.37. The van der Waals surface area contributed by atoms with E-state index < -0.39 is 17.6 Å². The van der Waals surface area contributed by atoms with Crippen LogP contribution in [0.3, 0.4) is 0 Å². The van der Waals surface area contributed by atoms with E-state index in [1.54, 1.807) is 6.92 Å². The van der Waals surface area contributed by atoms with Gasteiger partial charge in [-0.25, -0.2) is 8.78 Å². The summed E-state index contributed by atoms with van der Waals surface area (Å²) in [6.07, 6.45) is 3.24. The van der Waals surface area contributed by atoms with Crippen molar-refractivity contribution in [1.82, 2.24) is 10.2 Å². The molecule has 2 heterocycles. The maximum absolute atomic E-state index is 13.3. The Kier molecular flexibility index (Phi) is 4.17. The van der Waals surface area contributed by atoms with Crippen LogP contribution in [0.1, 0.15) is 37.7 Å². The second-order valence-electron chi connectivity index (χ2n) is 6.65. The standard InChI is InChI=1S/C17H22F2N2O/c1-12(13-2-3-14(18)15(19)10-13)16(22)21-8-5-17(6-9-21)4-7-20-11-17/h2-3,10,12,20H,4-9,11H2,1H3. The van der Waals surface area contributed by atoms with Gasteiger partial charge in [-0.2, -0.15) is 0 Å². The van der Waals surface area contributed by atoms with E-state index in [0.29, 0.717) is 11.0 Å². The molecule has 1 atom stereocenters. The summed E-state index contributed by atoms with van der Waals surface area (Å²) in [5.41, 5.74) is 0.897. The molecule has 1 N–H and O–H groups in total. The van der Waals surface area contributed by atoms with Crippen LogP contribution in [0.15, 0.2) is 18.2 Å². The molecule has 1 aromatic rings. The van der Waals surface area contributed by atoms with Crippen molar-refractivity contribution in [3.05, 3.63) is 35.4 Å². The van der Waals surface area contributed by atoms with Crippen molar-refractivity contribution in [2.75, 3.05) is 26.2 Å². The summed E-state index contributed by atoms with van der Waals surface area (Å²) in [4.78, 5) is 14.5. The van der Waals surface area contributed by atoms with Gasteiger partial charge in [0.25, 0.3) is 0 Å². The predicted molar refractivity (Wildman–Crippen MR) is 80.5 cm³/mol. The normalized spacial score (nSPS) is 22.0. The molecule has 2 saturated heterocycles. The van der Waals surface area contributed by atoms with Crippen molar-refractivity contribution in [1.29, 1.82) is 0 Å². The van der Waals surface area contributed by atoms with Gasteiger partial charge in [0, 0.05) is 19.6 Å². The Hall–Kier alpha value is -1.49. The third-order valence-electron chi connectivity index (χ3n) is 5.28. The molecule has 0 bridgehead atoms. The molecule has 1 unspecified atom stereocenters. The number of amides is 1. The van der Waals surface area contributed by atoms with Crippen molar-refractivity contribution in [2.45, 2.75) is 32.1 Å². The van der Waals surface area contributed by atoms with Gasteiger partial charge in [-0.05, 0) is 55.8 Å². The summed E-state index contributed by atoms with van der Waals surface area (Å²) >= 11 is 0. The number of halogens is 2. The number of rotatable bonds is 2. The molecule has 0 aliphatic carbocycles. The summed E-state index contributed by atoms with van der Waals surface area (Å²) in [5.74, 6) is -2.21. The summed E-state index contributed by atoms with van der Waals surface area (Å²) < 4.78 is 26.3. The van der Waals surface area contributed by atoms with Crippen LogP contribution in [-0.4, -0.2) is 37.0 Å². The van der Waals surface area contributed by atoms with Crippen LogP contribution >= 0.6 is 0 Å². The molecule has 0 aromatic heterocycles. The molecule has 1 spiro atoms. The number of nitrogens with one attached hydrogen (secondary N) is 1. The number of piperidine rings is 1. The van der Waals surface area contributed by atoms with Gasteiger partial charge in [-0.1, -0.05) is 6.07 Å². The number of benzene rings is 1. The first-order chi connectivity index (χ1) is 10.5. The van der Waals surface area contributed by atoms with Crippen LogP contribution in [0.2, 0.25) is 0 Å². The number of carbonyl (C=O) groups is 1. The van der Waals surface area contributed by atoms with Gasteiger partial charge in [-0.3, -0.25) is 4.79 Å². The summed E-state index contributed by atoms with van der Waals surface area (Å²) in [6, 6.07) is 3.71. The summed E-state index contributed by atoms with van der Waals surface area (Å²) in [5, 5.41) is 3.41. The molecule has 0 radical (unpaired) electrons. The first-order valence-corrected chi connectivity index (χ1v) is 7.95. The molecular formula is C17H22F2N2O. The smallest absolute Gasteiger partial charge is 0.229 e. The van der Waals surface area contributed by atoms with E-state index in [1.807, 2.05) is 4.90 Å². The summed E-state index contributed by atoms with van der Waals surface area (Å²) in [6.45, 7) is 5.40. The Morgan fingerprint density at radius 2 is 1.95 bits per heavy atom. The molecular weight excluding hydrogens is 286 g/mol. The second kappa shape index (κ2) is 5.95. The number of likely N-dealkylation sites (tertiary alicyclic amines) is 1. The van der Waals surface area contributed by atoms with Crippen LogP contribution in [-0.2, 0) is 4.79 Å². The Morgan fingerprint density at radius 1 is 1.23 bits per heavy atom. The van der Waals surface area contributed by atoms with E-state index in [0.717, 1.165) is 51.2 Å². The first kappa shape index (κ1) is 15.4. The third kappa shape index (κ3) is 2.86. The van der Waals surface area contributed by atoms with E-state index in [9.17, 15) is 13.6 Å². The fourth-order valence-electron chi connectivity index (χ4n) is 3.62. The highest BCUT2D eigenvalue weighted by molar-refractivity contribution is 5.83. The van der Waals surface area contributed by atoms with Gasteiger partial charge in [0.1, 0.15) is 0 Å². The Balaban J connectivity index is 1.65. The molecule has 5 heteroatoms. The van der Waals surface area contributed by atoms with Crippen LogP contribution < -0.4 is 5.32 Å². The molecule has 1 aromatic carbocycles. The first-order valence-electron chi connectivity index (χ1n) is 7.95. The molecule has 2 aliphatic rings. The maximum atomic E-state index is 13.3. The third-order valence-corrected chi connectivity index (χ3v) is 5.28. The molecule has 0 saturated carbocycles. The molecule has 22 heavy (non-hydrogen) atoms. The lowest BCUT2D eigenvalue weighted by molar-refractivity contribution is -0.134. The molecule has 2 aliphatic heterocycles. The predicted octanol–water partition coefficient (Wildman–Crippen LogP) is 2.67. The SMILES string of the molecule is CC(C(=O)N1CCC2(CCNC2)CC1)c1ccc(F)c(F)c1. The number of hydrogen-bond acceptors (Lipinski definition) is 2. The quantitative estimate of drug-likeness (QED) is 0.911. The number of carbonyl (C=O) groups excluding carboxylic acids is 1. The highest BCUT2D eigenvalue weighted by atomic mass is 19.2. The van der Waals surface area contributed by atoms with Gasteiger partial charge in [0.05, 0.1) is 5.92 Å². The molecule has 2 fully saturated rings. The van der Waals surface area contributed by atoms with Crippen molar-refractivity contribution in [2.24, 2.45) is 5.41 Å². The maximum Gasteiger partial charge on any atom is 0.229 e. The molecule has 3 rings (SSSR count). The molecule has 1 amide bonds. The lowest BCUT2D eigenvalue weighted by Gasteiger charge is -2.39. The van der Waals surface area contributed by atoms with Gasteiger partial charge >= 0.3 is 0 Å². The Bertz CT molecular complexity index is 560. The van der Waals surface area contributed by atoms with E-state index in [-0.39, 0.29) is 5.91 Å². The number of nitrogens with zero attached hydrogens (tertiary/aromatic N) is 1. The van der Waals surface area contributed by atoms with Crippen molar-refractivity contribution in [3.8, 4) is 0 Å². The molecule has 120 valence electrons. The van der Waals surface area contributed by atoms with Gasteiger partial charge in [0.2, 0.25) is 5.91 Å². The molecule has 3 nitrogen and oxygen atoms in total. The van der Waals surface area contributed by atoms with Gasteiger partial charge < -0.3 is 10.2 Å². The van der Waals surface area contributed by atoms with Crippen molar-refractivity contribution < 1.29 is 13.6 Å². The monoisotopic (exact) mass is 308 g/mol. The number of hydrogen-bond donors (Lipinski definition) is 1. The Morgan fingerprint density at radius 3 is 2.55 bits per heavy atom. The van der Waals surface area contributed by atoms with Crippen LogP contribution in [0.5, 0.6) is 0 Å². The highest BCUT2D eigenvalue weighted by Gasteiger charge is 2.38. The van der Waals surface area contributed by atoms with Gasteiger partial charge in [0.15, 0.2) is 11.6 Å². The lowest BCUT2D eigenvalue weighted by atomic mass is 9.77. The minimum Gasteiger partial charge on any atom is -0.342 e. The van der Waals surface area contributed by atoms with E-state index in [1.165, 1.54) is 12.5 Å². The second-order valence-corrected chi connectivity index (χ2v) is 6.65. The zero-order valence-electron chi connectivity index (χ0n) is 12.9. The largest absolute Gasteiger partial charge is 0.342 e. The minimum absolute atomic E-state index is 0.00631. The zero-order chi connectivity index (χ0) is 15.7. The van der Waals surface area contributed by atoms with Gasteiger partial charge in [-0.15, -0.1) is 0 Å². The fraction of sp³-hybridized carbons (Fsp3) is 0.588. The van der Waals surface area contributed by atoms with E-state index >= 15 is 0 Å². The van der Waals surface area contributed by atoms with Crippen molar-refractivity contribution >= 4 is 5.91 Å². The van der Waals surface area contributed by atoms with Crippen LogP contribution in [0.25, 0.3) is 0 Å². The average molecular weight is 308 g/mol. The Labute approximate surface area is 129 Å². The van der Waals surface area contributed by atoms with Crippen LogP contribution in [0.4, 0.5) is 8.78 Å².